The Labute approximate surface area is 260 Å². The average molecular weight is 639 g/mol. The molecule has 0 radical (unpaired) electrons. The second kappa shape index (κ2) is 12.4. The lowest BCUT2D eigenvalue weighted by molar-refractivity contribution is -0.254. The van der Waals surface area contributed by atoms with Crippen LogP contribution in [0, 0.1) is 11.8 Å². The van der Waals surface area contributed by atoms with Crippen molar-refractivity contribution in [2.75, 3.05) is 13.2 Å². The van der Waals surface area contributed by atoms with Crippen LogP contribution >= 0.6 is 0 Å². The monoisotopic (exact) mass is 638 g/mol. The van der Waals surface area contributed by atoms with Crippen molar-refractivity contribution in [2.24, 2.45) is 11.8 Å². The van der Waals surface area contributed by atoms with Crippen molar-refractivity contribution in [2.45, 2.75) is 147 Å². The molecule has 1 N–H and O–H groups in total. The highest BCUT2D eigenvalue weighted by Crippen LogP contribution is 2.50. The Hall–Kier alpha value is -0.369. The van der Waals surface area contributed by atoms with Crippen molar-refractivity contribution in [3.05, 3.63) is 35.9 Å². The van der Waals surface area contributed by atoms with Gasteiger partial charge in [0.1, 0.15) is 6.10 Å². The minimum absolute atomic E-state index is 0.00245. The lowest BCUT2D eigenvalue weighted by atomic mass is 9.79. The Bertz CT molecular complexity index is 1020. The summed E-state index contributed by atoms with van der Waals surface area (Å²) < 4.78 is 34.7. The summed E-state index contributed by atoms with van der Waals surface area (Å²) in [7, 11) is -6.58. The van der Waals surface area contributed by atoms with Gasteiger partial charge >= 0.3 is 0 Å². The molecule has 0 amide bonds. The fourth-order valence-electron chi connectivity index (χ4n) is 5.00. The molecular weight excluding hydrogens is 577 g/mol. The van der Waals surface area contributed by atoms with E-state index in [-0.39, 0.29) is 45.3 Å². The third-order valence-electron chi connectivity index (χ3n) is 11.1. The van der Waals surface area contributed by atoms with Crippen molar-refractivity contribution < 1.29 is 27.9 Å². The van der Waals surface area contributed by atoms with E-state index in [4.69, 9.17) is 22.8 Å². The van der Waals surface area contributed by atoms with Crippen molar-refractivity contribution in [3.8, 4) is 0 Å². The van der Waals surface area contributed by atoms with Crippen LogP contribution in [-0.2, 0) is 22.8 Å². The summed E-state index contributed by atoms with van der Waals surface area (Å²) in [5, 5.41) is 11.8. The molecule has 2 saturated heterocycles. The molecule has 2 fully saturated rings. The van der Waals surface area contributed by atoms with Gasteiger partial charge in [0.25, 0.3) is 0 Å². The minimum atomic E-state index is -2.27. The lowest BCUT2D eigenvalue weighted by Crippen LogP contribution is -2.64. The molecule has 3 rings (SSSR count). The molecule has 1 aromatic carbocycles. The number of hydrogen-bond donors (Lipinski definition) is 1. The van der Waals surface area contributed by atoms with Gasteiger partial charge in [-0.2, -0.15) is 0 Å². The number of fused-ring (bicyclic) bond motifs is 1. The molecule has 0 aromatic heterocycles. The van der Waals surface area contributed by atoms with Gasteiger partial charge in [0.05, 0.1) is 31.5 Å². The number of aliphatic hydroxyl groups excluding tert-OH is 1. The molecule has 0 saturated carbocycles. The van der Waals surface area contributed by atoms with E-state index in [1.54, 1.807) is 0 Å². The van der Waals surface area contributed by atoms with Crippen LogP contribution in [0.4, 0.5) is 0 Å². The van der Waals surface area contributed by atoms with E-state index in [0.717, 1.165) is 5.56 Å². The van der Waals surface area contributed by atoms with E-state index in [9.17, 15) is 5.11 Å². The van der Waals surface area contributed by atoms with E-state index < -0.39 is 37.3 Å². The average Bonchev–Trinajstić information content (AvgIpc) is 3.26. The first-order valence-corrected chi connectivity index (χ1v) is 24.6. The van der Waals surface area contributed by atoms with Gasteiger partial charge in [-0.3, -0.25) is 0 Å². The predicted molar refractivity (Wildman–Crippen MR) is 180 cm³/mol. The Morgan fingerprint density at radius 2 is 1.24 bits per heavy atom. The van der Waals surface area contributed by atoms with Crippen molar-refractivity contribution in [3.63, 3.8) is 0 Å². The molecule has 9 heteroatoms. The maximum absolute atomic E-state index is 11.7. The first kappa shape index (κ1) is 36.1. The van der Waals surface area contributed by atoms with Crippen LogP contribution in [-0.4, -0.2) is 67.9 Å². The van der Waals surface area contributed by atoms with Crippen molar-refractivity contribution in [1.82, 2.24) is 0 Å². The Morgan fingerprint density at radius 3 is 1.71 bits per heavy atom. The van der Waals surface area contributed by atoms with Gasteiger partial charge in [0.15, 0.2) is 31.2 Å². The smallest absolute Gasteiger partial charge is 0.192 e. The Balaban J connectivity index is 2.11. The van der Waals surface area contributed by atoms with Gasteiger partial charge in [-0.15, -0.1) is 0 Å². The third-order valence-corrected chi connectivity index (χ3v) is 24.5. The van der Waals surface area contributed by atoms with Crippen LogP contribution in [0.2, 0.25) is 54.4 Å². The SMILES string of the molecule is CC(C)(C)[Si](C)(C)OC[C@H]1O[C@@H]2OC[C@H]([C@@H](O)c3ccccc3)[C@@H]2[C@@H](O[Si](C)(C)C(C)(C)C)[C@@H]1O[Si](C)(C)C(C)(C)C. The maximum Gasteiger partial charge on any atom is 0.192 e. The summed E-state index contributed by atoms with van der Waals surface area (Å²) in [6, 6.07) is 9.91. The molecule has 0 bridgehead atoms. The molecular formula is C33H62O6Si3. The molecule has 1 aromatic rings. The highest BCUT2D eigenvalue weighted by molar-refractivity contribution is 6.75. The van der Waals surface area contributed by atoms with E-state index >= 15 is 0 Å². The number of rotatable bonds is 9. The summed E-state index contributed by atoms with van der Waals surface area (Å²) in [5.74, 6) is -0.354. The molecule has 2 aliphatic rings. The van der Waals surface area contributed by atoms with E-state index in [1.807, 2.05) is 30.3 Å². The first-order valence-electron chi connectivity index (χ1n) is 15.9. The fraction of sp³-hybridized carbons (Fsp3) is 0.818. The van der Waals surface area contributed by atoms with Gasteiger partial charge < -0.3 is 27.9 Å². The summed E-state index contributed by atoms with van der Waals surface area (Å²) in [5.41, 5.74) is 0.892. The molecule has 42 heavy (non-hydrogen) atoms. The predicted octanol–water partition coefficient (Wildman–Crippen LogP) is 8.51. The molecule has 2 heterocycles. The van der Waals surface area contributed by atoms with Crippen LogP contribution in [0.25, 0.3) is 0 Å². The first-order chi connectivity index (χ1) is 18.9. The Morgan fingerprint density at radius 1 is 0.762 bits per heavy atom. The van der Waals surface area contributed by atoms with Crippen LogP contribution in [0.5, 0.6) is 0 Å². The van der Waals surface area contributed by atoms with Gasteiger partial charge in [0, 0.05) is 11.8 Å². The maximum atomic E-state index is 11.7. The second-order valence-corrected chi connectivity index (χ2v) is 31.6. The number of hydrogen-bond acceptors (Lipinski definition) is 6. The number of ether oxygens (including phenoxy) is 2. The molecule has 242 valence electrons. The van der Waals surface area contributed by atoms with Crippen LogP contribution < -0.4 is 0 Å². The molecule has 0 aliphatic carbocycles. The van der Waals surface area contributed by atoms with E-state index in [1.165, 1.54) is 0 Å². The van der Waals surface area contributed by atoms with Gasteiger partial charge in [-0.25, -0.2) is 0 Å². The van der Waals surface area contributed by atoms with Crippen LogP contribution in [0.1, 0.15) is 74.0 Å². The zero-order valence-corrected chi connectivity index (χ0v) is 32.3. The standard InChI is InChI=1S/C33H62O6Si3/c1-31(2,3)40(10,11)36-22-25-28(38-41(12,13)32(4,5)6)29(39-42(14,15)33(7,8)9)26-24(21-35-30(26)37-25)27(34)23-19-17-16-18-20-23/h16-20,24-30,34H,21-22H2,1-15H3/t24-,25+,26+,27-,28+,29+,30-/m0/s1. The zero-order chi connectivity index (χ0) is 32.1. The zero-order valence-electron chi connectivity index (χ0n) is 29.3. The quantitative estimate of drug-likeness (QED) is 0.274. The summed E-state index contributed by atoms with van der Waals surface area (Å²) in [4.78, 5) is 0. The van der Waals surface area contributed by atoms with E-state index in [0.29, 0.717) is 13.2 Å². The van der Waals surface area contributed by atoms with E-state index in [2.05, 4.69) is 102 Å². The summed E-state index contributed by atoms with van der Waals surface area (Å²) >= 11 is 0. The second-order valence-electron chi connectivity index (χ2n) is 17.2. The van der Waals surface area contributed by atoms with Crippen molar-refractivity contribution >= 4 is 25.0 Å². The van der Waals surface area contributed by atoms with Crippen LogP contribution in [0.3, 0.4) is 0 Å². The molecule has 0 spiro atoms. The minimum Gasteiger partial charge on any atom is -0.414 e. The van der Waals surface area contributed by atoms with Gasteiger partial charge in [-0.1, -0.05) is 92.6 Å². The van der Waals surface area contributed by atoms with Crippen molar-refractivity contribution in [1.29, 1.82) is 0 Å². The number of benzene rings is 1. The molecule has 6 nitrogen and oxygen atoms in total. The topological polar surface area (TPSA) is 66.4 Å². The highest BCUT2D eigenvalue weighted by atomic mass is 28.4. The molecule has 2 aliphatic heterocycles. The van der Waals surface area contributed by atoms with Crippen LogP contribution in [0.15, 0.2) is 30.3 Å². The lowest BCUT2D eigenvalue weighted by Gasteiger charge is -2.53. The van der Waals surface area contributed by atoms with Gasteiger partial charge in [0.2, 0.25) is 0 Å². The Kier molecular flexibility index (Phi) is 10.7. The summed E-state index contributed by atoms with van der Waals surface area (Å²) in [6.07, 6.45) is -2.15. The molecule has 7 atom stereocenters. The highest BCUT2D eigenvalue weighted by Gasteiger charge is 2.59. The summed E-state index contributed by atoms with van der Waals surface area (Å²) in [6.45, 7) is 35.1. The normalized spacial score (nSPS) is 29.0. The third kappa shape index (κ3) is 7.70. The fourth-order valence-corrected chi connectivity index (χ4v) is 8.66. The largest absolute Gasteiger partial charge is 0.414 e. The molecule has 0 unspecified atom stereocenters. The number of aliphatic hydroxyl groups is 1. The van der Waals surface area contributed by atoms with Gasteiger partial charge in [-0.05, 0) is 60.0 Å².